The number of benzene rings is 2. The number of thiazole rings is 1. The maximum atomic E-state index is 12.3. The minimum absolute atomic E-state index is 0.129. The highest BCUT2D eigenvalue weighted by molar-refractivity contribution is 9.10. The largest absolute Gasteiger partial charge is 0.301 e. The van der Waals surface area contributed by atoms with Crippen LogP contribution in [-0.4, -0.2) is 26.2 Å². The number of aromatic nitrogens is 3. The Kier molecular flexibility index (Phi) is 6.34. The van der Waals surface area contributed by atoms with Gasteiger partial charge in [-0.25, -0.2) is 9.97 Å². The molecule has 0 saturated carbocycles. The highest BCUT2D eigenvalue weighted by Crippen LogP contribution is 2.31. The summed E-state index contributed by atoms with van der Waals surface area (Å²) < 4.78 is 3.01. The Morgan fingerprint density at radius 3 is 2.76 bits per heavy atom. The number of amides is 1. The minimum Gasteiger partial charge on any atom is -0.301 e. The van der Waals surface area contributed by atoms with Crippen LogP contribution in [0.1, 0.15) is 0 Å². The van der Waals surface area contributed by atoms with Crippen molar-refractivity contribution in [2.75, 3.05) is 11.1 Å². The van der Waals surface area contributed by atoms with Gasteiger partial charge in [0.15, 0.2) is 10.3 Å². The molecule has 2 aromatic carbocycles. The number of carbonyl (C=O) groups is 1. The molecule has 0 aliphatic heterocycles. The fourth-order valence-electron chi connectivity index (χ4n) is 2.70. The van der Waals surface area contributed by atoms with Gasteiger partial charge >= 0.3 is 0 Å². The van der Waals surface area contributed by atoms with Crippen molar-refractivity contribution in [3.63, 3.8) is 0 Å². The molecule has 2 aromatic heterocycles. The molecule has 0 spiro atoms. The van der Waals surface area contributed by atoms with Crippen molar-refractivity contribution in [1.82, 2.24) is 14.5 Å². The Balaban J connectivity index is 1.64. The monoisotopic (exact) mass is 504 g/mol. The van der Waals surface area contributed by atoms with Crippen LogP contribution >= 0.6 is 50.6 Å². The molecule has 29 heavy (non-hydrogen) atoms. The van der Waals surface area contributed by atoms with Crippen LogP contribution in [0.25, 0.3) is 16.9 Å². The molecule has 0 aliphatic carbocycles. The van der Waals surface area contributed by atoms with E-state index in [4.69, 9.17) is 11.6 Å². The van der Waals surface area contributed by atoms with Crippen LogP contribution in [0.4, 0.5) is 5.13 Å². The summed E-state index contributed by atoms with van der Waals surface area (Å²) in [5.41, 5.74) is 2.82. The number of nitrogens with zero attached hydrogens (tertiary/aromatic N) is 3. The zero-order valence-electron chi connectivity index (χ0n) is 14.9. The third-order valence-electron chi connectivity index (χ3n) is 3.95. The molecule has 0 aliphatic rings. The first-order chi connectivity index (χ1) is 14.1. The van der Waals surface area contributed by atoms with Crippen LogP contribution < -0.4 is 5.32 Å². The van der Waals surface area contributed by atoms with E-state index in [-0.39, 0.29) is 11.7 Å². The summed E-state index contributed by atoms with van der Waals surface area (Å²) in [7, 11) is 0. The van der Waals surface area contributed by atoms with Crippen molar-refractivity contribution >= 4 is 61.7 Å². The predicted octanol–water partition coefficient (Wildman–Crippen LogP) is 6.14. The van der Waals surface area contributed by atoms with Gasteiger partial charge in [0, 0.05) is 32.3 Å². The van der Waals surface area contributed by atoms with Gasteiger partial charge in [-0.3, -0.25) is 9.36 Å². The van der Waals surface area contributed by atoms with Crippen LogP contribution in [0.5, 0.6) is 0 Å². The summed E-state index contributed by atoms with van der Waals surface area (Å²) in [6.45, 7) is 0. The van der Waals surface area contributed by atoms with E-state index in [1.807, 2.05) is 64.7 Å². The molecule has 0 radical (unpaired) electrons. The lowest BCUT2D eigenvalue weighted by Gasteiger charge is -2.12. The molecular formula is C20H14BrClN4OS2. The fraction of sp³-hybridized carbons (Fsp3) is 0.0500. The standard InChI is InChI=1S/C20H14BrClN4OS2/c21-14-6-4-13(5-7-14)17-11-24-20(26(17)16-3-1-2-15(22)10-16)29-12-18(27)25-19-23-8-9-28-19/h1-11H,12H2,(H,23,25,27). The second-order valence-electron chi connectivity index (χ2n) is 5.92. The zero-order chi connectivity index (χ0) is 20.2. The summed E-state index contributed by atoms with van der Waals surface area (Å²) in [6, 6.07) is 15.6. The Morgan fingerprint density at radius 1 is 1.21 bits per heavy atom. The number of imidazole rings is 1. The van der Waals surface area contributed by atoms with E-state index >= 15 is 0 Å². The van der Waals surface area contributed by atoms with Crippen molar-refractivity contribution in [2.24, 2.45) is 0 Å². The molecule has 4 rings (SSSR count). The third-order valence-corrected chi connectivity index (χ3v) is 6.35. The Bertz CT molecular complexity index is 1130. The highest BCUT2D eigenvalue weighted by Gasteiger charge is 2.16. The number of rotatable bonds is 6. The molecule has 0 unspecified atom stereocenters. The normalized spacial score (nSPS) is 10.8. The Morgan fingerprint density at radius 2 is 2.03 bits per heavy atom. The fourth-order valence-corrected chi connectivity index (χ4v) is 4.48. The molecule has 146 valence electrons. The zero-order valence-corrected chi connectivity index (χ0v) is 18.9. The number of hydrogen-bond donors (Lipinski definition) is 1. The molecule has 2 heterocycles. The molecule has 9 heteroatoms. The maximum absolute atomic E-state index is 12.3. The molecule has 0 atom stereocenters. The van der Waals surface area contributed by atoms with Crippen molar-refractivity contribution in [2.45, 2.75) is 5.16 Å². The first-order valence-corrected chi connectivity index (χ1v) is 11.6. The second-order valence-corrected chi connectivity index (χ2v) is 9.11. The van der Waals surface area contributed by atoms with E-state index in [9.17, 15) is 4.79 Å². The van der Waals surface area contributed by atoms with Crippen molar-refractivity contribution < 1.29 is 4.79 Å². The van der Waals surface area contributed by atoms with Gasteiger partial charge in [0.1, 0.15) is 0 Å². The van der Waals surface area contributed by atoms with Gasteiger partial charge in [0.2, 0.25) is 5.91 Å². The van der Waals surface area contributed by atoms with Gasteiger partial charge in [-0.2, -0.15) is 0 Å². The van der Waals surface area contributed by atoms with E-state index in [2.05, 4.69) is 31.2 Å². The van der Waals surface area contributed by atoms with Crippen LogP contribution in [0.3, 0.4) is 0 Å². The lowest BCUT2D eigenvalue weighted by Crippen LogP contribution is -2.14. The molecule has 0 saturated heterocycles. The quantitative estimate of drug-likeness (QED) is 0.320. The molecule has 0 bridgehead atoms. The predicted molar refractivity (Wildman–Crippen MR) is 123 cm³/mol. The molecule has 1 amide bonds. The lowest BCUT2D eigenvalue weighted by molar-refractivity contribution is -0.113. The first kappa shape index (κ1) is 20.2. The van der Waals surface area contributed by atoms with Gasteiger partial charge in [-0.05, 0) is 30.3 Å². The van der Waals surface area contributed by atoms with Crippen LogP contribution in [0, 0.1) is 0 Å². The number of anilines is 1. The van der Waals surface area contributed by atoms with Crippen LogP contribution in [0.15, 0.2) is 75.9 Å². The lowest BCUT2D eigenvalue weighted by atomic mass is 10.1. The van der Waals surface area contributed by atoms with E-state index in [0.717, 1.165) is 21.4 Å². The maximum Gasteiger partial charge on any atom is 0.236 e. The summed E-state index contributed by atoms with van der Waals surface area (Å²) in [5, 5.41) is 6.54. The highest BCUT2D eigenvalue weighted by atomic mass is 79.9. The first-order valence-electron chi connectivity index (χ1n) is 8.52. The molecule has 5 nitrogen and oxygen atoms in total. The van der Waals surface area contributed by atoms with Gasteiger partial charge < -0.3 is 5.32 Å². The van der Waals surface area contributed by atoms with E-state index < -0.39 is 0 Å². The Hall–Kier alpha value is -2.13. The van der Waals surface area contributed by atoms with Crippen molar-refractivity contribution in [1.29, 1.82) is 0 Å². The van der Waals surface area contributed by atoms with Crippen LogP contribution in [-0.2, 0) is 4.79 Å². The molecule has 1 N–H and O–H groups in total. The van der Waals surface area contributed by atoms with Gasteiger partial charge in [0.05, 0.1) is 17.6 Å². The number of thioether (sulfide) groups is 1. The van der Waals surface area contributed by atoms with Gasteiger partial charge in [-0.15, -0.1) is 11.3 Å². The molecule has 0 fully saturated rings. The van der Waals surface area contributed by atoms with Crippen LogP contribution in [0.2, 0.25) is 5.02 Å². The molecular weight excluding hydrogens is 492 g/mol. The summed E-state index contributed by atoms with van der Waals surface area (Å²) in [4.78, 5) is 20.9. The van der Waals surface area contributed by atoms with E-state index in [0.29, 0.717) is 15.3 Å². The number of nitrogens with one attached hydrogen (secondary N) is 1. The number of carbonyl (C=O) groups excluding carboxylic acids is 1. The van der Waals surface area contributed by atoms with Crippen molar-refractivity contribution in [3.05, 3.63) is 75.8 Å². The van der Waals surface area contributed by atoms with Gasteiger partial charge in [0.25, 0.3) is 0 Å². The van der Waals surface area contributed by atoms with E-state index in [1.54, 1.807) is 6.20 Å². The SMILES string of the molecule is O=C(CSc1ncc(-c2ccc(Br)cc2)n1-c1cccc(Cl)c1)Nc1nccs1. The average Bonchev–Trinajstić information content (AvgIpc) is 3.37. The summed E-state index contributed by atoms with van der Waals surface area (Å²) in [5.74, 6) is 0.0903. The smallest absolute Gasteiger partial charge is 0.236 e. The van der Waals surface area contributed by atoms with Gasteiger partial charge in [-0.1, -0.05) is 57.5 Å². The average molecular weight is 506 g/mol. The summed E-state index contributed by atoms with van der Waals surface area (Å²) >= 11 is 12.4. The second kappa shape index (κ2) is 9.13. The van der Waals surface area contributed by atoms with E-state index in [1.165, 1.54) is 23.1 Å². The minimum atomic E-state index is -0.129. The van der Waals surface area contributed by atoms with Crippen molar-refractivity contribution in [3.8, 4) is 16.9 Å². The molecule has 4 aromatic rings. The topological polar surface area (TPSA) is 59.8 Å². The Labute approximate surface area is 189 Å². The number of halogens is 2. The number of hydrogen-bond acceptors (Lipinski definition) is 5. The third kappa shape index (κ3) is 4.90. The summed E-state index contributed by atoms with van der Waals surface area (Å²) in [6.07, 6.45) is 3.47.